The predicted octanol–water partition coefficient (Wildman–Crippen LogP) is 6.69. The zero-order valence-corrected chi connectivity index (χ0v) is 28.0. The summed E-state index contributed by atoms with van der Waals surface area (Å²) in [5.41, 5.74) is 1.40. The first kappa shape index (κ1) is 37.9. The molecule has 44 heavy (non-hydrogen) atoms. The van der Waals surface area contributed by atoms with Crippen molar-refractivity contribution in [2.45, 2.75) is 90.9 Å². The number of hydrogen-bond acceptors (Lipinski definition) is 6. The van der Waals surface area contributed by atoms with Gasteiger partial charge in [0.2, 0.25) is 12.8 Å². The minimum Gasteiger partial charge on any atom is -0.321 e. The van der Waals surface area contributed by atoms with E-state index in [-0.39, 0.29) is 18.5 Å². The zero-order valence-electron chi connectivity index (χ0n) is 26.2. The second-order valence-corrected chi connectivity index (χ2v) is 14.4. The van der Waals surface area contributed by atoms with Crippen molar-refractivity contribution in [3.63, 3.8) is 0 Å². The van der Waals surface area contributed by atoms with Gasteiger partial charge in [-0.2, -0.15) is 0 Å². The van der Waals surface area contributed by atoms with Crippen molar-refractivity contribution in [2.24, 2.45) is 0 Å². The molecular weight excluding hydrogens is 602 g/mol. The maximum absolute atomic E-state index is 12.9. The second kappa shape index (κ2) is 20.7. The van der Waals surface area contributed by atoms with Gasteiger partial charge in [-0.05, 0) is 75.2 Å². The van der Waals surface area contributed by atoms with Gasteiger partial charge in [0.25, 0.3) is 0 Å². The van der Waals surface area contributed by atoms with Crippen LogP contribution in [0.25, 0.3) is 0 Å². The fraction of sp³-hybridized carbons (Fsp3) is 0.562. The molecule has 0 atom stereocenters. The molecule has 0 heterocycles. The number of nitrogens with zero attached hydrogens (tertiary/aromatic N) is 2. The maximum atomic E-state index is 12.9. The number of anilines is 2. The topological polar surface area (TPSA) is 134 Å². The highest BCUT2D eigenvalue weighted by Gasteiger charge is 2.26. The van der Waals surface area contributed by atoms with Gasteiger partial charge in [-0.3, -0.25) is 18.7 Å². The molecule has 0 bridgehead atoms. The molecule has 0 fully saturated rings. The van der Waals surface area contributed by atoms with Crippen molar-refractivity contribution in [3.05, 3.63) is 48.5 Å². The Labute approximate surface area is 262 Å². The van der Waals surface area contributed by atoms with E-state index in [1.165, 1.54) is 50.7 Å². The van der Waals surface area contributed by atoms with E-state index in [0.717, 1.165) is 57.0 Å². The third kappa shape index (κ3) is 13.4. The molecule has 0 aliphatic heterocycles. The average Bonchev–Trinajstić information content (AvgIpc) is 3.01. The van der Waals surface area contributed by atoms with Crippen molar-refractivity contribution in [1.29, 1.82) is 0 Å². The number of carbonyl (C=O) groups is 2. The Balaban J connectivity index is 1.51. The Bertz CT molecular complexity index is 1180. The number of rotatable bonds is 25. The first-order valence-electron chi connectivity index (χ1n) is 15.8. The predicted molar refractivity (Wildman–Crippen MR) is 177 cm³/mol. The van der Waals surface area contributed by atoms with Crippen LogP contribution in [-0.4, -0.2) is 48.9 Å². The molecule has 0 aliphatic rings. The molecule has 2 amide bonds. The van der Waals surface area contributed by atoms with Crippen LogP contribution in [0.5, 0.6) is 0 Å². The van der Waals surface area contributed by atoms with E-state index in [1.54, 1.807) is 60.0 Å². The number of carbonyl (C=O) groups excluding carboxylic acids is 2. The number of amides is 2. The first-order valence-corrected chi connectivity index (χ1v) is 18.9. The monoisotopic (exact) mass is 652 g/mol. The lowest BCUT2D eigenvalue weighted by atomic mass is 10.0. The smallest absolute Gasteiger partial charge is 0.321 e. The third-order valence-corrected chi connectivity index (χ3v) is 10.5. The lowest BCUT2D eigenvalue weighted by Crippen LogP contribution is -2.23. The summed E-state index contributed by atoms with van der Waals surface area (Å²) in [6.07, 6.45) is 15.0. The van der Waals surface area contributed by atoms with Crippen molar-refractivity contribution >= 4 is 50.0 Å². The quantitative estimate of drug-likeness (QED) is 0.0689. The minimum atomic E-state index is -4.28. The summed E-state index contributed by atoms with van der Waals surface area (Å²) < 4.78 is 35.0. The Hall–Kier alpha value is -2.32. The summed E-state index contributed by atoms with van der Waals surface area (Å²) in [5.74, 6) is 0. The van der Waals surface area contributed by atoms with Crippen LogP contribution in [0.2, 0.25) is 0 Å². The Kier molecular flexibility index (Phi) is 17.8. The normalized spacial score (nSPS) is 11.8. The van der Waals surface area contributed by atoms with Gasteiger partial charge in [0.1, 0.15) is 0 Å². The van der Waals surface area contributed by atoms with Crippen LogP contribution in [0.4, 0.5) is 11.4 Å². The lowest BCUT2D eigenvalue weighted by Gasteiger charge is -2.20. The van der Waals surface area contributed by atoms with Crippen LogP contribution in [0.3, 0.4) is 0 Å². The molecule has 0 aliphatic carbocycles. The van der Waals surface area contributed by atoms with Gasteiger partial charge >= 0.3 is 15.2 Å². The van der Waals surface area contributed by atoms with Crippen molar-refractivity contribution in [2.75, 3.05) is 36.1 Å². The van der Waals surface area contributed by atoms with Gasteiger partial charge in [0.05, 0.1) is 23.8 Å². The molecule has 0 saturated carbocycles. The molecular formula is C32H50N2O8P2. The molecule has 12 heteroatoms. The van der Waals surface area contributed by atoms with Crippen LogP contribution in [0.15, 0.2) is 48.5 Å². The number of hydrogen-bond donors (Lipinski definition) is 2. The van der Waals surface area contributed by atoms with Gasteiger partial charge < -0.3 is 28.6 Å². The van der Waals surface area contributed by atoms with E-state index < -0.39 is 15.2 Å². The van der Waals surface area contributed by atoms with Crippen LogP contribution in [0, 0.1) is 0 Å². The molecule has 0 unspecified atom stereocenters. The van der Waals surface area contributed by atoms with Gasteiger partial charge in [-0.1, -0.05) is 64.2 Å². The fourth-order valence-electron chi connectivity index (χ4n) is 5.01. The minimum absolute atomic E-state index is 0.0517. The fourth-order valence-corrected chi connectivity index (χ4v) is 7.11. The van der Waals surface area contributed by atoms with Crippen molar-refractivity contribution in [3.8, 4) is 0 Å². The molecule has 0 saturated heterocycles. The molecule has 2 N–H and O–H groups in total. The first-order chi connectivity index (χ1) is 21.2. The largest absolute Gasteiger partial charge is 0.361 e. The van der Waals surface area contributed by atoms with Gasteiger partial charge in [-0.25, -0.2) is 0 Å². The summed E-state index contributed by atoms with van der Waals surface area (Å²) >= 11 is 0. The molecule has 2 rings (SSSR count). The van der Waals surface area contributed by atoms with Crippen LogP contribution < -0.4 is 20.4 Å². The van der Waals surface area contributed by atoms with Crippen molar-refractivity contribution in [1.82, 2.24) is 0 Å². The molecule has 0 radical (unpaired) electrons. The molecule has 0 aromatic heterocycles. The molecule has 10 nitrogen and oxygen atoms in total. The van der Waals surface area contributed by atoms with E-state index in [2.05, 4.69) is 0 Å². The van der Waals surface area contributed by atoms with Gasteiger partial charge in [0.15, 0.2) is 0 Å². The van der Waals surface area contributed by atoms with Crippen LogP contribution in [-0.2, 0) is 27.8 Å². The van der Waals surface area contributed by atoms with E-state index >= 15 is 0 Å². The van der Waals surface area contributed by atoms with E-state index in [4.69, 9.17) is 9.05 Å². The Morgan fingerprint density at radius 2 is 0.886 bits per heavy atom. The summed E-state index contributed by atoms with van der Waals surface area (Å²) in [7, 11) is -7.62. The van der Waals surface area contributed by atoms with E-state index in [0.29, 0.717) is 24.1 Å². The summed E-state index contributed by atoms with van der Waals surface area (Å²) in [5, 5.41) is 0.439. The zero-order chi connectivity index (χ0) is 32.3. The average molecular weight is 653 g/mol. The van der Waals surface area contributed by atoms with Crippen LogP contribution in [0.1, 0.15) is 90.9 Å². The molecule has 246 valence electrons. The molecule has 0 spiro atoms. The third-order valence-electron chi connectivity index (χ3n) is 7.42. The highest BCUT2D eigenvalue weighted by atomic mass is 31.2. The number of benzene rings is 2. The standard InChI is InChI=1S/C32H50N2O8P2/c1-3-41-44(40,42-4-2)32-23-19-30(20-24-32)34(28-36)26-16-14-12-10-8-6-5-7-9-11-13-15-25-33(27-35)29-17-21-31(22-18-29)43(37,38)39/h17-24,27-28H,3-16,25-26H2,1-2H3,(H2,37,38,39). The van der Waals surface area contributed by atoms with E-state index in [9.17, 15) is 28.5 Å². The highest BCUT2D eigenvalue weighted by Crippen LogP contribution is 2.46. The Morgan fingerprint density at radius 3 is 1.18 bits per heavy atom. The number of unbranched alkanes of at least 4 members (excludes halogenated alkanes) is 11. The molecule has 2 aromatic rings. The lowest BCUT2D eigenvalue weighted by molar-refractivity contribution is -0.108. The summed E-state index contributed by atoms with van der Waals surface area (Å²) in [4.78, 5) is 44.8. The van der Waals surface area contributed by atoms with Crippen molar-refractivity contribution < 1.29 is 37.6 Å². The molecule has 2 aromatic carbocycles. The highest BCUT2D eigenvalue weighted by molar-refractivity contribution is 7.62. The maximum Gasteiger partial charge on any atom is 0.361 e. The Morgan fingerprint density at radius 1 is 0.568 bits per heavy atom. The van der Waals surface area contributed by atoms with E-state index in [1.807, 2.05) is 0 Å². The van der Waals surface area contributed by atoms with Crippen LogP contribution >= 0.6 is 15.2 Å². The SMILES string of the molecule is CCOP(=O)(OCC)c1ccc(N(C=O)CCCCCCCCCCCCCCN(C=O)c2ccc(P(=O)(O)O)cc2)cc1. The second-order valence-electron chi connectivity index (χ2n) is 10.8. The summed E-state index contributed by atoms with van der Waals surface area (Å²) in [6, 6.07) is 12.9. The summed E-state index contributed by atoms with van der Waals surface area (Å²) in [6.45, 7) is 5.36. The van der Waals surface area contributed by atoms with Gasteiger partial charge in [0, 0.05) is 24.5 Å². The van der Waals surface area contributed by atoms with Gasteiger partial charge in [-0.15, -0.1) is 0 Å².